The summed E-state index contributed by atoms with van der Waals surface area (Å²) in [7, 11) is 1.48. The number of nitrogens with zero attached hydrogens (tertiary/aromatic N) is 5. The van der Waals surface area contributed by atoms with E-state index in [9.17, 15) is 10.1 Å². The lowest BCUT2D eigenvalue weighted by Gasteiger charge is -2.08. The van der Waals surface area contributed by atoms with Crippen molar-refractivity contribution in [1.82, 2.24) is 15.0 Å². The lowest BCUT2D eigenvalue weighted by atomic mass is 10.1. The topological polar surface area (TPSA) is 107 Å². The molecular formula is C12H11N5O3. The van der Waals surface area contributed by atoms with E-state index in [0.717, 1.165) is 5.56 Å². The van der Waals surface area contributed by atoms with Gasteiger partial charge in [0.1, 0.15) is 11.8 Å². The van der Waals surface area contributed by atoms with Crippen LogP contribution in [0.25, 0.3) is 5.69 Å². The van der Waals surface area contributed by atoms with Gasteiger partial charge >= 0.3 is 0 Å². The molecule has 0 radical (unpaired) electrons. The molecule has 0 saturated carbocycles. The van der Waals surface area contributed by atoms with Crippen LogP contribution >= 0.6 is 0 Å². The summed E-state index contributed by atoms with van der Waals surface area (Å²) in [6.07, 6.45) is 0. The van der Waals surface area contributed by atoms with Gasteiger partial charge in [0.25, 0.3) is 5.69 Å². The average molecular weight is 273 g/mol. The molecule has 0 unspecified atom stereocenters. The molecule has 0 aliphatic carbocycles. The van der Waals surface area contributed by atoms with Gasteiger partial charge in [-0.2, -0.15) is 5.26 Å². The molecule has 0 fully saturated rings. The van der Waals surface area contributed by atoms with Crippen molar-refractivity contribution in [3.05, 3.63) is 45.3 Å². The van der Waals surface area contributed by atoms with E-state index in [4.69, 9.17) is 10.00 Å². The Balaban J connectivity index is 2.62. The number of nitriles is 1. The highest BCUT2D eigenvalue weighted by atomic mass is 16.6. The van der Waals surface area contributed by atoms with Crippen LogP contribution in [0.1, 0.15) is 17.0 Å². The van der Waals surface area contributed by atoms with Crippen molar-refractivity contribution in [2.75, 3.05) is 7.11 Å². The molecule has 102 valence electrons. The van der Waals surface area contributed by atoms with Crippen LogP contribution in [0.5, 0.6) is 0 Å². The highest BCUT2D eigenvalue weighted by Gasteiger charge is 2.17. The van der Waals surface area contributed by atoms with E-state index in [-0.39, 0.29) is 18.0 Å². The third-order valence-electron chi connectivity index (χ3n) is 2.78. The van der Waals surface area contributed by atoms with Crippen LogP contribution in [0.2, 0.25) is 0 Å². The monoisotopic (exact) mass is 273 g/mol. The molecule has 0 aliphatic rings. The average Bonchev–Trinajstić information content (AvgIpc) is 2.82. The summed E-state index contributed by atoms with van der Waals surface area (Å²) in [4.78, 5) is 10.4. The summed E-state index contributed by atoms with van der Waals surface area (Å²) < 4.78 is 6.42. The molecule has 1 heterocycles. The van der Waals surface area contributed by atoms with E-state index in [1.807, 2.05) is 6.07 Å². The molecule has 8 heteroatoms. The minimum atomic E-state index is -0.485. The zero-order valence-electron chi connectivity index (χ0n) is 10.9. The molecule has 0 spiro atoms. The Morgan fingerprint density at radius 1 is 1.55 bits per heavy atom. The van der Waals surface area contributed by atoms with E-state index >= 15 is 0 Å². The Morgan fingerprint density at radius 2 is 2.30 bits per heavy atom. The van der Waals surface area contributed by atoms with Crippen LogP contribution in [0.3, 0.4) is 0 Å². The molecule has 0 bridgehead atoms. The minimum Gasteiger partial charge on any atom is -0.378 e. The number of nitro groups is 1. The van der Waals surface area contributed by atoms with Crippen LogP contribution in [-0.2, 0) is 11.3 Å². The first kappa shape index (κ1) is 13.6. The maximum atomic E-state index is 10.9. The standard InChI is InChI=1S/C12H11N5O3/c1-8-3-4-9(17(18)19)5-11(8)16-12(7-20-2)10(6-13)14-15-16/h3-5H,7H2,1-2H3. The Kier molecular flexibility index (Phi) is 3.72. The van der Waals surface area contributed by atoms with Crippen LogP contribution in [-0.4, -0.2) is 27.0 Å². The van der Waals surface area contributed by atoms with Crippen molar-refractivity contribution in [1.29, 1.82) is 5.26 Å². The summed E-state index contributed by atoms with van der Waals surface area (Å²) in [6.45, 7) is 1.93. The van der Waals surface area contributed by atoms with Crippen molar-refractivity contribution in [3.63, 3.8) is 0 Å². The van der Waals surface area contributed by atoms with Gasteiger partial charge < -0.3 is 4.74 Å². The molecule has 0 saturated heterocycles. The molecule has 2 rings (SSSR count). The third-order valence-corrected chi connectivity index (χ3v) is 2.78. The molecule has 0 aliphatic heterocycles. The number of rotatable bonds is 4. The maximum Gasteiger partial charge on any atom is 0.271 e. The Hall–Kier alpha value is -2.79. The largest absolute Gasteiger partial charge is 0.378 e. The molecule has 20 heavy (non-hydrogen) atoms. The predicted octanol–water partition coefficient (Wildman–Crippen LogP) is 1.50. The number of aromatic nitrogens is 3. The molecule has 1 aromatic carbocycles. The number of non-ortho nitro benzene ring substituents is 1. The van der Waals surface area contributed by atoms with E-state index in [0.29, 0.717) is 11.4 Å². The van der Waals surface area contributed by atoms with Crippen LogP contribution in [0.4, 0.5) is 5.69 Å². The predicted molar refractivity (Wildman–Crippen MR) is 68.2 cm³/mol. The van der Waals surface area contributed by atoms with Crippen molar-refractivity contribution in [3.8, 4) is 11.8 Å². The first-order chi connectivity index (χ1) is 9.58. The second kappa shape index (κ2) is 5.46. The number of ether oxygens (including phenoxy) is 1. The third kappa shape index (κ3) is 2.34. The maximum absolute atomic E-state index is 10.9. The fraction of sp³-hybridized carbons (Fsp3) is 0.250. The Morgan fingerprint density at radius 3 is 2.90 bits per heavy atom. The zero-order valence-corrected chi connectivity index (χ0v) is 10.9. The molecule has 8 nitrogen and oxygen atoms in total. The van der Waals surface area contributed by atoms with Gasteiger partial charge in [-0.05, 0) is 12.5 Å². The summed E-state index contributed by atoms with van der Waals surface area (Å²) >= 11 is 0. The fourth-order valence-electron chi connectivity index (χ4n) is 1.79. The number of benzene rings is 1. The number of aryl methyl sites for hydroxylation is 1. The van der Waals surface area contributed by atoms with Gasteiger partial charge in [-0.25, -0.2) is 4.68 Å². The molecule has 0 amide bonds. The lowest BCUT2D eigenvalue weighted by molar-refractivity contribution is -0.384. The second-order valence-corrected chi connectivity index (χ2v) is 4.07. The number of methoxy groups -OCH3 is 1. The molecule has 0 atom stereocenters. The quantitative estimate of drug-likeness (QED) is 0.617. The highest BCUT2D eigenvalue weighted by Crippen LogP contribution is 2.22. The highest BCUT2D eigenvalue weighted by molar-refractivity contribution is 5.49. The first-order valence-corrected chi connectivity index (χ1v) is 5.67. The van der Waals surface area contributed by atoms with Gasteiger partial charge in [0.15, 0.2) is 5.69 Å². The molecule has 2 aromatic rings. The van der Waals surface area contributed by atoms with Gasteiger partial charge in [-0.3, -0.25) is 10.1 Å². The van der Waals surface area contributed by atoms with Gasteiger partial charge in [-0.15, -0.1) is 5.10 Å². The molecular weight excluding hydrogens is 262 g/mol. The zero-order chi connectivity index (χ0) is 14.7. The summed E-state index contributed by atoms with van der Waals surface area (Å²) in [5.41, 5.74) is 1.82. The van der Waals surface area contributed by atoms with E-state index < -0.39 is 4.92 Å². The lowest BCUT2D eigenvalue weighted by Crippen LogP contribution is -2.06. The van der Waals surface area contributed by atoms with Gasteiger partial charge in [0.2, 0.25) is 0 Å². The van der Waals surface area contributed by atoms with Gasteiger partial charge in [-0.1, -0.05) is 11.3 Å². The molecule has 1 aromatic heterocycles. The van der Waals surface area contributed by atoms with Gasteiger partial charge in [0.05, 0.1) is 17.2 Å². The van der Waals surface area contributed by atoms with E-state index in [1.165, 1.54) is 23.9 Å². The summed E-state index contributed by atoms with van der Waals surface area (Å²) in [5, 5.41) is 27.5. The van der Waals surface area contributed by atoms with Crippen molar-refractivity contribution < 1.29 is 9.66 Å². The first-order valence-electron chi connectivity index (χ1n) is 5.67. The van der Waals surface area contributed by atoms with Crippen molar-refractivity contribution >= 4 is 5.69 Å². The number of hydrogen-bond donors (Lipinski definition) is 0. The van der Waals surface area contributed by atoms with Crippen LogP contribution < -0.4 is 0 Å². The second-order valence-electron chi connectivity index (χ2n) is 4.07. The van der Waals surface area contributed by atoms with Crippen LogP contribution in [0.15, 0.2) is 18.2 Å². The SMILES string of the molecule is COCc1c(C#N)nnn1-c1cc([N+](=O)[O-])ccc1C. The molecule has 0 N–H and O–H groups in total. The van der Waals surface area contributed by atoms with Crippen LogP contribution in [0, 0.1) is 28.4 Å². The summed E-state index contributed by atoms with van der Waals surface area (Å²) in [5.74, 6) is 0. The number of nitro benzene ring substituents is 1. The smallest absolute Gasteiger partial charge is 0.271 e. The normalized spacial score (nSPS) is 10.2. The Labute approximate surface area is 114 Å². The summed E-state index contributed by atoms with van der Waals surface area (Å²) in [6, 6.07) is 6.35. The fourth-order valence-corrected chi connectivity index (χ4v) is 1.79. The van der Waals surface area contributed by atoms with Crippen molar-refractivity contribution in [2.45, 2.75) is 13.5 Å². The van der Waals surface area contributed by atoms with Crippen molar-refractivity contribution in [2.24, 2.45) is 0 Å². The van der Waals surface area contributed by atoms with E-state index in [1.54, 1.807) is 13.0 Å². The minimum absolute atomic E-state index is 0.0528. The van der Waals surface area contributed by atoms with E-state index in [2.05, 4.69) is 10.3 Å². The van der Waals surface area contributed by atoms with Gasteiger partial charge in [0, 0.05) is 19.2 Å². The Bertz CT molecular complexity index is 702. The number of hydrogen-bond acceptors (Lipinski definition) is 6.